The number of hydrogen-bond acceptors (Lipinski definition) is 2. The second-order valence-corrected chi connectivity index (χ2v) is 1.88. The summed E-state index contributed by atoms with van der Waals surface area (Å²) in [5.74, 6) is -1.07. The minimum Gasteiger partial charge on any atom is -0.481 e. The molecular weight excluding hydrogens is 161 g/mol. The third-order valence-corrected chi connectivity index (χ3v) is 0.803. The van der Waals surface area contributed by atoms with Crippen LogP contribution in [0.15, 0.2) is 12.3 Å². The van der Waals surface area contributed by atoms with E-state index in [9.17, 15) is 18.0 Å². The molecule has 0 saturated carbocycles. The van der Waals surface area contributed by atoms with Gasteiger partial charge in [-0.2, -0.15) is 13.2 Å². The zero-order valence-corrected chi connectivity index (χ0v) is 5.86. The van der Waals surface area contributed by atoms with Crippen molar-refractivity contribution in [1.29, 1.82) is 0 Å². The van der Waals surface area contributed by atoms with E-state index in [1.165, 1.54) is 0 Å². The molecule has 0 aliphatic heterocycles. The highest BCUT2D eigenvalue weighted by Crippen LogP contribution is 2.15. The molecule has 0 bridgehead atoms. The molecule has 0 amide bonds. The topological polar surface area (TPSA) is 26.3 Å². The predicted molar refractivity (Wildman–Crippen MR) is 31.8 cm³/mol. The number of allylic oxidation sites excluding steroid dienone is 1. The Bertz CT molecular complexity index is 171. The van der Waals surface area contributed by atoms with Crippen LogP contribution in [0.3, 0.4) is 0 Å². The number of carbonyl (C=O) groups is 1. The van der Waals surface area contributed by atoms with Crippen LogP contribution in [0.5, 0.6) is 0 Å². The second kappa shape index (κ2) is 3.41. The van der Waals surface area contributed by atoms with Gasteiger partial charge in [-0.1, -0.05) is 6.58 Å². The number of halogens is 3. The van der Waals surface area contributed by atoms with Crippen molar-refractivity contribution in [3.8, 4) is 0 Å². The number of ether oxygens (including phenoxy) is 1. The molecule has 5 heteroatoms. The lowest BCUT2D eigenvalue weighted by molar-refractivity contribution is -0.166. The van der Waals surface area contributed by atoms with Crippen LogP contribution in [0, 0.1) is 0 Å². The second-order valence-electron chi connectivity index (χ2n) is 1.88. The fourth-order valence-electron chi connectivity index (χ4n) is 0.271. The first-order chi connectivity index (χ1) is 4.83. The largest absolute Gasteiger partial charge is 0.481 e. The smallest absolute Gasteiger partial charge is 0.422 e. The maximum absolute atomic E-state index is 11.4. The predicted octanol–water partition coefficient (Wildman–Crippen LogP) is 1.67. The number of rotatable bonds is 3. The van der Waals surface area contributed by atoms with Gasteiger partial charge in [-0.25, -0.2) is 0 Å². The van der Waals surface area contributed by atoms with Crippen LogP contribution in [0.1, 0.15) is 6.92 Å². The highest BCUT2D eigenvalue weighted by atomic mass is 19.4. The first-order valence-corrected chi connectivity index (χ1v) is 2.72. The monoisotopic (exact) mass is 168 g/mol. The van der Waals surface area contributed by atoms with Crippen LogP contribution in [-0.2, 0) is 9.53 Å². The molecule has 0 aliphatic rings. The molecule has 0 rings (SSSR count). The van der Waals surface area contributed by atoms with Gasteiger partial charge in [0.15, 0.2) is 18.1 Å². The first-order valence-electron chi connectivity index (χ1n) is 2.72. The van der Waals surface area contributed by atoms with Crippen molar-refractivity contribution >= 4 is 5.78 Å². The summed E-state index contributed by atoms with van der Waals surface area (Å²) in [6.07, 6.45) is -4.42. The Morgan fingerprint density at radius 2 is 2.00 bits per heavy atom. The summed E-state index contributed by atoms with van der Waals surface area (Å²) in [5.41, 5.74) is 0. The summed E-state index contributed by atoms with van der Waals surface area (Å²) in [5, 5.41) is 0. The van der Waals surface area contributed by atoms with Crippen LogP contribution in [0.25, 0.3) is 0 Å². The summed E-state index contributed by atoms with van der Waals surface area (Å²) < 4.78 is 38.2. The van der Waals surface area contributed by atoms with Crippen molar-refractivity contribution in [2.75, 3.05) is 6.61 Å². The van der Waals surface area contributed by atoms with Crippen molar-refractivity contribution in [1.82, 2.24) is 0 Å². The number of ketones is 1. The summed E-state index contributed by atoms with van der Waals surface area (Å²) in [6, 6.07) is 0. The quantitative estimate of drug-likeness (QED) is 0.473. The average Bonchev–Trinajstić information content (AvgIpc) is 1.80. The third kappa shape index (κ3) is 5.44. The van der Waals surface area contributed by atoms with Gasteiger partial charge in [0.1, 0.15) is 0 Å². The fourth-order valence-corrected chi connectivity index (χ4v) is 0.271. The summed E-state index contributed by atoms with van der Waals surface area (Å²) in [6.45, 7) is 2.60. The van der Waals surface area contributed by atoms with Gasteiger partial charge in [0.05, 0.1) is 0 Å². The van der Waals surface area contributed by atoms with E-state index >= 15 is 0 Å². The third-order valence-electron chi connectivity index (χ3n) is 0.803. The van der Waals surface area contributed by atoms with E-state index in [4.69, 9.17) is 0 Å². The normalized spacial score (nSPS) is 10.9. The Morgan fingerprint density at radius 1 is 1.55 bits per heavy atom. The van der Waals surface area contributed by atoms with Crippen LogP contribution in [0.4, 0.5) is 13.2 Å². The molecule has 0 aromatic carbocycles. The molecule has 0 unspecified atom stereocenters. The molecule has 0 aliphatic carbocycles. The minimum atomic E-state index is -4.42. The van der Waals surface area contributed by atoms with Gasteiger partial charge in [0.25, 0.3) is 0 Å². The van der Waals surface area contributed by atoms with Crippen molar-refractivity contribution in [2.24, 2.45) is 0 Å². The number of hydrogen-bond donors (Lipinski definition) is 0. The highest BCUT2D eigenvalue weighted by Gasteiger charge is 2.28. The molecule has 0 radical (unpaired) electrons. The highest BCUT2D eigenvalue weighted by molar-refractivity contribution is 5.90. The molecule has 64 valence electrons. The van der Waals surface area contributed by atoms with Crippen LogP contribution in [-0.4, -0.2) is 18.6 Å². The molecule has 0 aromatic rings. The first kappa shape index (κ1) is 10.0. The van der Waals surface area contributed by atoms with Crippen molar-refractivity contribution < 1.29 is 22.7 Å². The SMILES string of the molecule is C=C(OCC(F)(F)F)C(C)=O. The van der Waals surface area contributed by atoms with E-state index in [-0.39, 0.29) is 0 Å². The van der Waals surface area contributed by atoms with Crippen LogP contribution < -0.4 is 0 Å². The Hall–Kier alpha value is -1.00. The van der Waals surface area contributed by atoms with E-state index in [1.54, 1.807) is 0 Å². The van der Waals surface area contributed by atoms with E-state index in [1.807, 2.05) is 0 Å². The van der Waals surface area contributed by atoms with Gasteiger partial charge >= 0.3 is 6.18 Å². The van der Waals surface area contributed by atoms with Crippen molar-refractivity contribution in [2.45, 2.75) is 13.1 Å². The van der Waals surface area contributed by atoms with Gasteiger partial charge in [0, 0.05) is 6.92 Å². The molecule has 11 heavy (non-hydrogen) atoms. The standard InChI is InChI=1S/C6H7F3O2/c1-4(10)5(2)11-3-6(7,8)9/h2-3H2,1H3. The molecular formula is C6H7F3O2. The van der Waals surface area contributed by atoms with E-state index in [0.717, 1.165) is 6.92 Å². The van der Waals surface area contributed by atoms with Gasteiger partial charge in [-0.15, -0.1) is 0 Å². The molecule has 0 N–H and O–H groups in total. The molecule has 0 aromatic heterocycles. The minimum absolute atomic E-state index is 0.470. The van der Waals surface area contributed by atoms with E-state index < -0.39 is 24.3 Å². The number of Topliss-reactive ketones (excluding diaryl/α,β-unsaturated/α-hetero) is 1. The maximum Gasteiger partial charge on any atom is 0.422 e. The summed E-state index contributed by atoms with van der Waals surface area (Å²) >= 11 is 0. The lowest BCUT2D eigenvalue weighted by atomic mass is 10.4. The zero-order valence-electron chi connectivity index (χ0n) is 5.86. The Labute approximate surface area is 61.6 Å². The lowest BCUT2D eigenvalue weighted by Gasteiger charge is -2.08. The Morgan fingerprint density at radius 3 is 2.27 bits per heavy atom. The lowest BCUT2D eigenvalue weighted by Crippen LogP contribution is -2.18. The van der Waals surface area contributed by atoms with Crippen LogP contribution >= 0.6 is 0 Å². The molecule has 0 spiro atoms. The Kier molecular flexibility index (Phi) is 3.10. The molecule has 0 atom stereocenters. The zero-order chi connectivity index (χ0) is 9.07. The Balaban J connectivity index is 3.73. The van der Waals surface area contributed by atoms with Crippen molar-refractivity contribution in [3.63, 3.8) is 0 Å². The van der Waals surface area contributed by atoms with Gasteiger partial charge in [-0.05, 0) is 0 Å². The molecule has 0 fully saturated rings. The molecule has 0 saturated heterocycles. The van der Waals surface area contributed by atoms with E-state index in [2.05, 4.69) is 11.3 Å². The maximum atomic E-state index is 11.4. The van der Waals surface area contributed by atoms with Gasteiger partial charge in [0.2, 0.25) is 0 Å². The van der Waals surface area contributed by atoms with Gasteiger partial charge in [-0.3, -0.25) is 4.79 Å². The van der Waals surface area contributed by atoms with Gasteiger partial charge < -0.3 is 4.74 Å². The van der Waals surface area contributed by atoms with Crippen molar-refractivity contribution in [3.05, 3.63) is 12.3 Å². The summed E-state index contributed by atoms with van der Waals surface area (Å²) in [7, 11) is 0. The molecule has 0 heterocycles. The fraction of sp³-hybridized carbons (Fsp3) is 0.500. The number of alkyl halides is 3. The average molecular weight is 168 g/mol. The van der Waals surface area contributed by atoms with E-state index in [0.29, 0.717) is 0 Å². The van der Waals surface area contributed by atoms with Crippen LogP contribution in [0.2, 0.25) is 0 Å². The summed E-state index contributed by atoms with van der Waals surface area (Å²) in [4.78, 5) is 10.3. The number of carbonyl (C=O) groups excluding carboxylic acids is 1. The molecule has 2 nitrogen and oxygen atoms in total.